The number of nitrogens with one attached hydrogen (secondary N) is 3. The van der Waals surface area contributed by atoms with E-state index in [1.807, 2.05) is 13.0 Å². The molecule has 8 nitrogen and oxygen atoms in total. The number of fused-ring (bicyclic) bond motifs is 1. The summed E-state index contributed by atoms with van der Waals surface area (Å²) in [4.78, 5) is 32.9. The number of hydrogen-bond donors (Lipinski definition) is 3. The van der Waals surface area contributed by atoms with Gasteiger partial charge in [-0.05, 0) is 41.4 Å². The van der Waals surface area contributed by atoms with Crippen LogP contribution in [0.4, 0.5) is 0 Å². The number of likely N-dealkylation sites (N-methyl/N-ethyl adjacent to an activating group) is 1. The van der Waals surface area contributed by atoms with Crippen LogP contribution < -0.4 is 15.8 Å². The zero-order valence-electron chi connectivity index (χ0n) is 15.2. The summed E-state index contributed by atoms with van der Waals surface area (Å²) in [6.45, 7) is 3.14. The number of rotatable bonds is 6. The molecule has 0 radical (unpaired) electrons. The number of sulfone groups is 1. The fourth-order valence-electron chi connectivity index (χ4n) is 3.26. The monoisotopic (exact) mass is 535 g/mol. The highest BCUT2D eigenvalue weighted by atomic mass is 79.9. The molecular formula is C17H21Br2N4O4S+. The lowest BCUT2D eigenvalue weighted by molar-refractivity contribution is -0.904. The van der Waals surface area contributed by atoms with E-state index in [0.29, 0.717) is 40.7 Å². The molecule has 1 aliphatic rings. The summed E-state index contributed by atoms with van der Waals surface area (Å²) in [5, 5.41) is 3.27. The van der Waals surface area contributed by atoms with Gasteiger partial charge in [-0.2, -0.15) is 0 Å². The van der Waals surface area contributed by atoms with Crippen LogP contribution in [0, 0.1) is 0 Å². The minimum Gasteiger partial charge on any atom is -0.347 e. The van der Waals surface area contributed by atoms with Gasteiger partial charge >= 0.3 is 0 Å². The van der Waals surface area contributed by atoms with Gasteiger partial charge in [-0.3, -0.25) is 9.59 Å². The minimum atomic E-state index is -3.04. The van der Waals surface area contributed by atoms with Crippen LogP contribution in [-0.2, 0) is 21.2 Å². The van der Waals surface area contributed by atoms with Crippen LogP contribution in [0.25, 0.3) is 10.9 Å². The molecule has 1 aromatic carbocycles. The number of carbonyl (C=O) groups excluding carboxylic acids is 1. The molecule has 1 aliphatic heterocycles. The molecule has 152 valence electrons. The van der Waals surface area contributed by atoms with Crippen molar-refractivity contribution in [2.75, 3.05) is 24.6 Å². The number of H-pyrrole nitrogens is 1. The number of aromatic amines is 1. The maximum atomic E-state index is 12.4. The van der Waals surface area contributed by atoms with Gasteiger partial charge in [0.05, 0.1) is 29.0 Å². The molecule has 1 amide bonds. The van der Waals surface area contributed by atoms with Gasteiger partial charge in [-0.1, -0.05) is 15.9 Å². The first kappa shape index (κ1) is 21.4. The van der Waals surface area contributed by atoms with Crippen molar-refractivity contribution in [1.29, 1.82) is 0 Å². The van der Waals surface area contributed by atoms with Crippen molar-refractivity contribution in [3.05, 3.63) is 37.3 Å². The topological polar surface area (TPSA) is 113 Å². The van der Waals surface area contributed by atoms with Gasteiger partial charge in [-0.15, -0.1) is 0 Å². The van der Waals surface area contributed by atoms with Crippen LogP contribution in [0.5, 0.6) is 0 Å². The van der Waals surface area contributed by atoms with Gasteiger partial charge in [0, 0.05) is 15.0 Å². The predicted octanol–water partition coefficient (Wildman–Crippen LogP) is 0.156. The van der Waals surface area contributed by atoms with E-state index in [1.165, 1.54) is 0 Å². The molecular weight excluding hydrogens is 516 g/mol. The Bertz CT molecular complexity index is 1070. The SMILES string of the molecule is CC[NH+](CC(=O)N[C@@H]1CCS(=O)(=O)C1)Cc1nc2c(Br)cc(Br)cc2c(=O)[nH]1. The van der Waals surface area contributed by atoms with E-state index in [9.17, 15) is 18.0 Å². The second kappa shape index (κ2) is 8.60. The molecule has 2 atom stereocenters. The first-order valence-corrected chi connectivity index (χ1v) is 12.3. The van der Waals surface area contributed by atoms with Crippen molar-refractivity contribution in [3.63, 3.8) is 0 Å². The number of quaternary nitrogens is 1. The standard InChI is InChI=1S/C17H20Br2N4O4S/c1-2-23(8-15(24)20-11-3-4-28(26,27)9-11)7-14-21-16-12(17(25)22-14)5-10(18)6-13(16)19/h5-6,11H,2-4,7-9H2,1H3,(H,20,24)(H,21,22,25)/p+1/t11-/m1/s1. The van der Waals surface area contributed by atoms with Crippen molar-refractivity contribution in [2.24, 2.45) is 0 Å². The number of carbonyl (C=O) groups is 1. The third-order valence-corrected chi connectivity index (χ3v) is 7.53. The predicted molar refractivity (Wildman–Crippen MR) is 113 cm³/mol. The molecule has 1 fully saturated rings. The Labute approximate surface area is 179 Å². The molecule has 0 aliphatic carbocycles. The fraction of sp³-hybridized carbons (Fsp3) is 0.471. The van der Waals surface area contributed by atoms with Gasteiger partial charge in [0.25, 0.3) is 11.5 Å². The Morgan fingerprint density at radius 1 is 1.39 bits per heavy atom. The third-order valence-electron chi connectivity index (χ3n) is 4.70. The average molecular weight is 537 g/mol. The fourth-order valence-corrected chi connectivity index (χ4v) is 6.25. The molecule has 1 saturated heterocycles. The quantitative estimate of drug-likeness (QED) is 0.486. The number of hydrogen-bond acceptors (Lipinski definition) is 5. The number of aromatic nitrogens is 2. The molecule has 28 heavy (non-hydrogen) atoms. The highest BCUT2D eigenvalue weighted by Crippen LogP contribution is 2.24. The van der Waals surface area contributed by atoms with E-state index < -0.39 is 9.84 Å². The number of nitrogens with zero attached hydrogens (tertiary/aromatic N) is 1. The molecule has 1 aromatic heterocycles. The Kier molecular flexibility index (Phi) is 6.58. The largest absolute Gasteiger partial charge is 0.347 e. The maximum absolute atomic E-state index is 12.4. The third kappa shape index (κ3) is 5.19. The first-order valence-electron chi connectivity index (χ1n) is 8.88. The minimum absolute atomic E-state index is 0.00331. The van der Waals surface area contributed by atoms with Gasteiger partial charge in [0.2, 0.25) is 0 Å². The Hall–Kier alpha value is -1.30. The van der Waals surface area contributed by atoms with E-state index in [-0.39, 0.29) is 35.6 Å². The molecule has 2 heterocycles. The van der Waals surface area contributed by atoms with Crippen molar-refractivity contribution >= 4 is 58.5 Å². The maximum Gasteiger partial charge on any atom is 0.275 e. The average Bonchev–Trinajstić information content (AvgIpc) is 2.93. The summed E-state index contributed by atoms with van der Waals surface area (Å²) in [6, 6.07) is 3.22. The molecule has 1 unspecified atom stereocenters. The molecule has 0 bridgehead atoms. The van der Waals surface area contributed by atoms with Crippen LogP contribution in [0.1, 0.15) is 19.2 Å². The zero-order valence-corrected chi connectivity index (χ0v) is 19.2. The molecule has 3 rings (SSSR count). The lowest BCUT2D eigenvalue weighted by atomic mass is 10.2. The Morgan fingerprint density at radius 2 is 2.14 bits per heavy atom. The summed E-state index contributed by atoms with van der Waals surface area (Å²) in [7, 11) is -3.04. The summed E-state index contributed by atoms with van der Waals surface area (Å²) in [5.74, 6) is 0.416. The highest BCUT2D eigenvalue weighted by molar-refractivity contribution is 9.11. The van der Waals surface area contributed by atoms with Gasteiger partial charge in [0.15, 0.2) is 22.2 Å². The molecule has 0 spiro atoms. The molecule has 3 N–H and O–H groups in total. The number of benzene rings is 1. The van der Waals surface area contributed by atoms with Crippen LogP contribution >= 0.6 is 31.9 Å². The van der Waals surface area contributed by atoms with E-state index in [4.69, 9.17) is 0 Å². The second-order valence-corrected chi connectivity index (χ2v) is 10.9. The van der Waals surface area contributed by atoms with E-state index in [2.05, 4.69) is 47.1 Å². The van der Waals surface area contributed by atoms with Crippen LogP contribution in [0.15, 0.2) is 25.9 Å². The van der Waals surface area contributed by atoms with E-state index in [0.717, 1.165) is 9.37 Å². The Morgan fingerprint density at radius 3 is 2.79 bits per heavy atom. The van der Waals surface area contributed by atoms with E-state index in [1.54, 1.807) is 6.07 Å². The smallest absolute Gasteiger partial charge is 0.275 e. The zero-order chi connectivity index (χ0) is 20.5. The van der Waals surface area contributed by atoms with Crippen molar-refractivity contribution in [3.8, 4) is 0 Å². The van der Waals surface area contributed by atoms with Crippen molar-refractivity contribution < 1.29 is 18.1 Å². The van der Waals surface area contributed by atoms with Crippen LogP contribution in [-0.4, -0.2) is 54.9 Å². The summed E-state index contributed by atoms with van der Waals surface area (Å²) in [6.07, 6.45) is 0.457. The molecule has 11 heteroatoms. The van der Waals surface area contributed by atoms with Crippen LogP contribution in [0.2, 0.25) is 0 Å². The number of halogens is 2. The van der Waals surface area contributed by atoms with Gasteiger partial charge < -0.3 is 15.2 Å². The summed E-state index contributed by atoms with van der Waals surface area (Å²) >= 11 is 6.79. The lowest BCUT2D eigenvalue weighted by Gasteiger charge is -2.18. The second-order valence-electron chi connectivity index (χ2n) is 6.92. The lowest BCUT2D eigenvalue weighted by Crippen LogP contribution is -3.11. The first-order chi connectivity index (χ1) is 13.2. The molecule has 0 saturated carbocycles. The van der Waals surface area contributed by atoms with Gasteiger partial charge in [-0.25, -0.2) is 13.4 Å². The number of amides is 1. The van der Waals surface area contributed by atoms with Crippen LogP contribution in [0.3, 0.4) is 0 Å². The van der Waals surface area contributed by atoms with Crippen molar-refractivity contribution in [1.82, 2.24) is 15.3 Å². The summed E-state index contributed by atoms with van der Waals surface area (Å²) < 4.78 is 24.5. The molecule has 2 aromatic rings. The normalized spacial score (nSPS) is 19.6. The highest BCUT2D eigenvalue weighted by Gasteiger charge is 2.29. The van der Waals surface area contributed by atoms with Crippen molar-refractivity contribution in [2.45, 2.75) is 25.9 Å². The summed E-state index contributed by atoms with van der Waals surface area (Å²) in [5.41, 5.74) is 0.330. The van der Waals surface area contributed by atoms with Gasteiger partial charge in [0.1, 0.15) is 6.54 Å². The Balaban J connectivity index is 1.70. The van der Waals surface area contributed by atoms with E-state index >= 15 is 0 Å².